The molecule has 0 heterocycles. The third-order valence-electron chi connectivity index (χ3n) is 0.144. The Balaban J connectivity index is 0. The molecule has 0 atom stereocenters. The van der Waals surface area contributed by atoms with Gasteiger partial charge in [0.2, 0.25) is 0 Å². The Hall–Kier alpha value is 0.829. The second kappa shape index (κ2) is 8.85. The molecule has 0 fully saturated rings. The Kier molecular flexibility index (Phi) is 16.4. The van der Waals surface area contributed by atoms with Crippen LogP contribution < -0.4 is 0 Å². The van der Waals surface area contributed by atoms with Crippen molar-refractivity contribution in [1.29, 1.82) is 0 Å². The van der Waals surface area contributed by atoms with E-state index in [4.69, 9.17) is 0 Å². The summed E-state index contributed by atoms with van der Waals surface area (Å²) in [6.45, 7) is 3.50. The molecule has 0 amide bonds. The summed E-state index contributed by atoms with van der Waals surface area (Å²) in [4.78, 5) is 0. The quantitative estimate of drug-likeness (QED) is 0.436. The monoisotopic (exact) mass is 197 g/mol. The first kappa shape index (κ1) is 9.27. The van der Waals surface area contributed by atoms with Crippen LogP contribution in [-0.2, 0) is 0 Å². The van der Waals surface area contributed by atoms with Gasteiger partial charge < -0.3 is 0 Å². The Labute approximate surface area is 52.1 Å². The summed E-state index contributed by atoms with van der Waals surface area (Å²) < 4.78 is 1.17. The Morgan fingerprint density at radius 3 is 2.00 bits per heavy atom. The van der Waals surface area contributed by atoms with E-state index in [0.717, 1.165) is 0 Å². The fourth-order valence-corrected chi connectivity index (χ4v) is 0. The van der Waals surface area contributed by atoms with Crippen LogP contribution in [0.2, 0.25) is 4.44 Å². The van der Waals surface area contributed by atoms with Crippen molar-refractivity contribution in [2.24, 2.45) is 0 Å². The molecule has 3 radical (unpaired) electrons. The molecule has 0 spiro atoms. The van der Waals surface area contributed by atoms with E-state index in [1.54, 1.807) is 22.5 Å². The predicted octanol–water partition coefficient (Wildman–Crippen LogP) is 1.18. The SMILES string of the molecule is C=C[CH2][Sn].Cl. The van der Waals surface area contributed by atoms with Gasteiger partial charge in [-0.2, -0.15) is 0 Å². The second-order valence-corrected chi connectivity index (χ2v) is 1.66. The van der Waals surface area contributed by atoms with Crippen LogP contribution in [0.5, 0.6) is 0 Å². The van der Waals surface area contributed by atoms with Gasteiger partial charge in [0, 0.05) is 0 Å². The summed E-state index contributed by atoms with van der Waals surface area (Å²) in [7, 11) is 0. The number of hydrogen-bond donors (Lipinski definition) is 0. The smallest absolute Gasteiger partial charge is 0.147 e. The molecule has 2 heteroatoms. The maximum atomic E-state index is 3.50. The fourth-order valence-electron chi connectivity index (χ4n) is 0. The van der Waals surface area contributed by atoms with E-state index in [0.29, 0.717) is 0 Å². The fraction of sp³-hybridized carbons (Fsp3) is 0.333. The second-order valence-electron chi connectivity index (χ2n) is 0.493. The van der Waals surface area contributed by atoms with Crippen molar-refractivity contribution >= 4 is 34.9 Å². The minimum Gasteiger partial charge on any atom is -0.147 e. The van der Waals surface area contributed by atoms with Crippen LogP contribution in [0.25, 0.3) is 0 Å². The Morgan fingerprint density at radius 2 is 2.00 bits per heavy atom. The number of allylic oxidation sites excluding steroid dienone is 1. The van der Waals surface area contributed by atoms with E-state index >= 15 is 0 Å². The van der Waals surface area contributed by atoms with Crippen molar-refractivity contribution in [1.82, 2.24) is 0 Å². The normalized spacial score (nSPS) is 5.00. The van der Waals surface area contributed by atoms with E-state index < -0.39 is 0 Å². The molecule has 0 saturated carbocycles. The van der Waals surface area contributed by atoms with Gasteiger partial charge in [-0.25, -0.2) is 0 Å². The molecule has 0 aromatic carbocycles. The van der Waals surface area contributed by atoms with Crippen LogP contribution in [0.1, 0.15) is 0 Å². The van der Waals surface area contributed by atoms with Gasteiger partial charge in [0.25, 0.3) is 0 Å². The van der Waals surface area contributed by atoms with E-state index in [1.807, 2.05) is 6.08 Å². The Bertz CT molecular complexity index is 20.9. The zero-order chi connectivity index (χ0) is 3.41. The molecule has 0 aliphatic carbocycles. The topological polar surface area (TPSA) is 0 Å². The molecular weight excluding hydrogens is 190 g/mol. The van der Waals surface area contributed by atoms with Gasteiger partial charge in [-0.05, 0) is 0 Å². The van der Waals surface area contributed by atoms with E-state index in [9.17, 15) is 0 Å². The molecule has 29 valence electrons. The molecule has 0 rings (SSSR count). The Morgan fingerprint density at radius 1 is 1.80 bits per heavy atom. The molecule has 0 aromatic heterocycles. The third-order valence-corrected chi connectivity index (χ3v) is 0.968. The molecule has 0 N–H and O–H groups in total. The summed E-state index contributed by atoms with van der Waals surface area (Å²) in [5, 5.41) is 0. The minimum absolute atomic E-state index is 0. The summed E-state index contributed by atoms with van der Waals surface area (Å²) in [6.07, 6.45) is 1.92. The van der Waals surface area contributed by atoms with Crippen LogP contribution in [0.3, 0.4) is 0 Å². The van der Waals surface area contributed by atoms with E-state index in [1.165, 1.54) is 4.44 Å². The van der Waals surface area contributed by atoms with E-state index in [2.05, 4.69) is 6.58 Å². The molecule has 0 bridgehead atoms. The van der Waals surface area contributed by atoms with Crippen molar-refractivity contribution in [3.8, 4) is 0 Å². The minimum atomic E-state index is 0. The number of hydrogen-bond acceptors (Lipinski definition) is 0. The maximum Gasteiger partial charge on any atom is -0.147 e. The van der Waals surface area contributed by atoms with Gasteiger partial charge in [-0.15, -0.1) is 12.4 Å². The first-order valence-electron chi connectivity index (χ1n) is 1.17. The molecule has 5 heavy (non-hydrogen) atoms. The zero-order valence-corrected chi connectivity index (χ0v) is 6.57. The number of rotatable bonds is 1. The van der Waals surface area contributed by atoms with Crippen molar-refractivity contribution in [2.45, 2.75) is 4.44 Å². The molecule has 0 aliphatic rings. The van der Waals surface area contributed by atoms with Crippen LogP contribution in [-0.4, -0.2) is 22.5 Å². The summed E-state index contributed by atoms with van der Waals surface area (Å²) in [5.74, 6) is 0. The summed E-state index contributed by atoms with van der Waals surface area (Å²) in [5.41, 5.74) is 0. The first-order valence-corrected chi connectivity index (χ1v) is 3.19. The van der Waals surface area contributed by atoms with Crippen molar-refractivity contribution in [3.63, 3.8) is 0 Å². The molecule has 0 saturated heterocycles. The van der Waals surface area contributed by atoms with Gasteiger partial charge in [0.15, 0.2) is 0 Å². The first-order chi connectivity index (χ1) is 1.91. The van der Waals surface area contributed by atoms with Gasteiger partial charge in [0.1, 0.15) is 0 Å². The average Bonchev–Trinajstić information content (AvgIpc) is 1.37. The van der Waals surface area contributed by atoms with Crippen molar-refractivity contribution in [2.75, 3.05) is 0 Å². The van der Waals surface area contributed by atoms with Crippen LogP contribution in [0, 0.1) is 0 Å². The molecular formula is C3H6ClSn. The predicted molar refractivity (Wildman–Crippen MR) is 28.0 cm³/mol. The summed E-state index contributed by atoms with van der Waals surface area (Å²) in [6, 6.07) is 0. The average molecular weight is 196 g/mol. The van der Waals surface area contributed by atoms with Crippen LogP contribution >= 0.6 is 12.4 Å². The van der Waals surface area contributed by atoms with Crippen LogP contribution in [0.4, 0.5) is 0 Å². The van der Waals surface area contributed by atoms with E-state index in [-0.39, 0.29) is 12.4 Å². The van der Waals surface area contributed by atoms with Gasteiger partial charge >= 0.3 is 39.6 Å². The largest absolute Gasteiger partial charge is 0.147 e. The molecule has 0 nitrogen and oxygen atoms in total. The molecule has 0 aromatic rings. The van der Waals surface area contributed by atoms with Crippen molar-refractivity contribution in [3.05, 3.63) is 12.7 Å². The van der Waals surface area contributed by atoms with Gasteiger partial charge in [-0.3, -0.25) is 0 Å². The zero-order valence-electron chi connectivity index (χ0n) is 2.90. The van der Waals surface area contributed by atoms with Gasteiger partial charge in [-0.1, -0.05) is 0 Å². The van der Waals surface area contributed by atoms with Crippen LogP contribution in [0.15, 0.2) is 12.7 Å². The maximum absolute atomic E-state index is 3.50. The third kappa shape index (κ3) is 11.6. The van der Waals surface area contributed by atoms with Crippen molar-refractivity contribution < 1.29 is 0 Å². The molecule has 0 aliphatic heterocycles. The van der Waals surface area contributed by atoms with Gasteiger partial charge in [0.05, 0.1) is 0 Å². The standard InChI is InChI=1S/C3H5.ClH.Sn/c1-3-2;;/h3H,1-2H2;1H;. The number of halogens is 1. The molecule has 0 unspecified atom stereocenters. The summed E-state index contributed by atoms with van der Waals surface area (Å²) >= 11 is 1.55.